The summed E-state index contributed by atoms with van der Waals surface area (Å²) in [7, 11) is 0. The van der Waals surface area contributed by atoms with E-state index < -0.39 is 17.4 Å². The topological polar surface area (TPSA) is 49.4 Å². The third-order valence-corrected chi connectivity index (χ3v) is 5.57. The lowest BCUT2D eigenvalue weighted by molar-refractivity contribution is -0.139. The molecule has 0 spiro atoms. The van der Waals surface area contributed by atoms with Gasteiger partial charge in [-0.2, -0.15) is 0 Å². The van der Waals surface area contributed by atoms with E-state index in [0.717, 1.165) is 5.56 Å². The van der Waals surface area contributed by atoms with Crippen molar-refractivity contribution in [2.24, 2.45) is 0 Å². The normalized spacial score (nSPS) is 12.3. The van der Waals surface area contributed by atoms with Crippen LogP contribution in [-0.2, 0) is 21.9 Å². The number of carbonyl (C=O) groups is 2. The van der Waals surface area contributed by atoms with E-state index in [0.29, 0.717) is 16.3 Å². The van der Waals surface area contributed by atoms with Gasteiger partial charge >= 0.3 is 0 Å². The molecule has 2 aromatic rings. The summed E-state index contributed by atoms with van der Waals surface area (Å²) in [5.41, 5.74) is 0.958. The van der Waals surface area contributed by atoms with E-state index in [1.54, 1.807) is 31.2 Å². The molecular formula is C23H28ClFN2O2S. The number of benzene rings is 2. The number of nitrogens with one attached hydrogen (secondary N) is 1. The number of hydrogen-bond acceptors (Lipinski definition) is 3. The van der Waals surface area contributed by atoms with Crippen LogP contribution in [-0.4, -0.2) is 34.0 Å². The lowest BCUT2D eigenvalue weighted by Gasteiger charge is -2.31. The first-order chi connectivity index (χ1) is 14.1. The number of thioether (sulfide) groups is 1. The van der Waals surface area contributed by atoms with Crippen LogP contribution in [0.4, 0.5) is 4.39 Å². The van der Waals surface area contributed by atoms with E-state index in [1.165, 1.54) is 22.7 Å². The van der Waals surface area contributed by atoms with Crippen LogP contribution in [0.5, 0.6) is 0 Å². The molecule has 7 heteroatoms. The highest BCUT2D eigenvalue weighted by Crippen LogP contribution is 2.19. The van der Waals surface area contributed by atoms with Crippen LogP contribution in [0.25, 0.3) is 0 Å². The van der Waals surface area contributed by atoms with Gasteiger partial charge in [-0.25, -0.2) is 4.39 Å². The second-order valence-electron chi connectivity index (χ2n) is 8.15. The van der Waals surface area contributed by atoms with E-state index in [1.807, 2.05) is 39.0 Å². The summed E-state index contributed by atoms with van der Waals surface area (Å²) in [5.74, 6) is -0.101. The Kier molecular flexibility index (Phi) is 8.74. The molecular weight excluding hydrogens is 423 g/mol. The minimum absolute atomic E-state index is 0.0297. The molecule has 1 N–H and O–H groups in total. The summed E-state index contributed by atoms with van der Waals surface area (Å²) in [6.07, 6.45) is 0. The molecule has 2 amide bonds. The molecule has 30 heavy (non-hydrogen) atoms. The Labute approximate surface area is 187 Å². The summed E-state index contributed by atoms with van der Waals surface area (Å²) in [6, 6.07) is 13.0. The Balaban J connectivity index is 2.11. The molecule has 162 valence electrons. The lowest BCUT2D eigenvalue weighted by atomic mass is 10.1. The number of hydrogen-bond donors (Lipinski definition) is 1. The molecule has 1 unspecified atom stereocenters. The molecule has 0 radical (unpaired) electrons. The van der Waals surface area contributed by atoms with Gasteiger partial charge in [-0.3, -0.25) is 9.59 Å². The van der Waals surface area contributed by atoms with Gasteiger partial charge in [-0.15, -0.1) is 11.8 Å². The Morgan fingerprint density at radius 2 is 1.87 bits per heavy atom. The molecule has 0 aromatic heterocycles. The average molecular weight is 451 g/mol. The van der Waals surface area contributed by atoms with E-state index in [9.17, 15) is 14.0 Å². The Hall–Kier alpha value is -2.05. The molecule has 0 saturated carbocycles. The summed E-state index contributed by atoms with van der Waals surface area (Å²) >= 11 is 7.44. The summed E-state index contributed by atoms with van der Waals surface area (Å²) in [6.45, 7) is 7.33. The highest BCUT2D eigenvalue weighted by atomic mass is 35.5. The Bertz CT molecular complexity index is 886. The van der Waals surface area contributed by atoms with Crippen molar-refractivity contribution in [3.8, 4) is 0 Å². The summed E-state index contributed by atoms with van der Waals surface area (Å²) in [4.78, 5) is 27.1. The smallest absolute Gasteiger partial charge is 0.242 e. The summed E-state index contributed by atoms with van der Waals surface area (Å²) in [5, 5.41) is 3.54. The van der Waals surface area contributed by atoms with Crippen LogP contribution in [0.1, 0.15) is 38.8 Å². The van der Waals surface area contributed by atoms with Crippen molar-refractivity contribution in [2.45, 2.75) is 51.6 Å². The van der Waals surface area contributed by atoms with Gasteiger partial charge in [0.25, 0.3) is 0 Å². The highest BCUT2D eigenvalue weighted by molar-refractivity contribution is 7.99. The summed E-state index contributed by atoms with van der Waals surface area (Å²) < 4.78 is 14.2. The number of rotatable bonds is 8. The lowest BCUT2D eigenvalue weighted by Crippen LogP contribution is -2.52. The minimum atomic E-state index is -0.733. The van der Waals surface area contributed by atoms with Gasteiger partial charge in [-0.1, -0.05) is 41.9 Å². The van der Waals surface area contributed by atoms with Crippen LogP contribution in [0.3, 0.4) is 0 Å². The Morgan fingerprint density at radius 1 is 1.17 bits per heavy atom. The van der Waals surface area contributed by atoms with Crippen molar-refractivity contribution >= 4 is 35.2 Å². The van der Waals surface area contributed by atoms with E-state index in [-0.39, 0.29) is 24.1 Å². The second-order valence-corrected chi connectivity index (χ2v) is 9.57. The maximum Gasteiger partial charge on any atom is 0.242 e. The predicted molar refractivity (Wildman–Crippen MR) is 122 cm³/mol. The third kappa shape index (κ3) is 7.65. The van der Waals surface area contributed by atoms with Crippen molar-refractivity contribution in [2.75, 3.05) is 5.75 Å². The fourth-order valence-corrected chi connectivity index (χ4v) is 3.90. The number of amides is 2. The van der Waals surface area contributed by atoms with Gasteiger partial charge in [0.15, 0.2) is 0 Å². The van der Waals surface area contributed by atoms with E-state index >= 15 is 0 Å². The SMILES string of the molecule is CC(C(=O)NC(C)(C)C)N(Cc1ccccc1F)C(=O)CSCc1cccc(Cl)c1. The quantitative estimate of drug-likeness (QED) is 0.612. The van der Waals surface area contributed by atoms with Crippen LogP contribution in [0.2, 0.25) is 5.02 Å². The molecule has 0 saturated heterocycles. The van der Waals surface area contributed by atoms with Gasteiger partial charge in [0.05, 0.1) is 5.75 Å². The molecule has 2 aromatic carbocycles. The zero-order valence-electron chi connectivity index (χ0n) is 17.7. The van der Waals surface area contributed by atoms with E-state index in [2.05, 4.69) is 5.32 Å². The van der Waals surface area contributed by atoms with Crippen LogP contribution >= 0.6 is 23.4 Å². The third-order valence-electron chi connectivity index (χ3n) is 4.35. The maximum atomic E-state index is 14.2. The molecule has 0 aliphatic heterocycles. The number of nitrogens with zero attached hydrogens (tertiary/aromatic N) is 1. The number of halogens is 2. The van der Waals surface area contributed by atoms with Gasteiger partial charge in [0, 0.05) is 28.4 Å². The first-order valence-corrected chi connectivity index (χ1v) is 11.3. The molecule has 0 fully saturated rings. The zero-order valence-corrected chi connectivity index (χ0v) is 19.3. The minimum Gasteiger partial charge on any atom is -0.350 e. The number of carbonyl (C=O) groups excluding carboxylic acids is 2. The average Bonchev–Trinajstić information content (AvgIpc) is 2.65. The standard InChI is InChI=1S/C23H28ClFN2O2S/c1-16(22(29)26-23(2,3)4)27(13-18-9-5-6-11-20(18)25)21(28)15-30-14-17-8-7-10-19(24)12-17/h5-12,16H,13-15H2,1-4H3,(H,26,29). The van der Waals surface area contributed by atoms with Crippen LogP contribution in [0.15, 0.2) is 48.5 Å². The van der Waals surface area contributed by atoms with Gasteiger partial charge in [0.2, 0.25) is 11.8 Å². The maximum absolute atomic E-state index is 14.2. The molecule has 4 nitrogen and oxygen atoms in total. The highest BCUT2D eigenvalue weighted by Gasteiger charge is 2.28. The fraction of sp³-hybridized carbons (Fsp3) is 0.391. The van der Waals surface area contributed by atoms with Crippen molar-refractivity contribution in [1.82, 2.24) is 10.2 Å². The predicted octanol–water partition coefficient (Wildman–Crippen LogP) is 5.04. The molecule has 0 aliphatic rings. The largest absolute Gasteiger partial charge is 0.350 e. The van der Waals surface area contributed by atoms with Crippen LogP contribution < -0.4 is 5.32 Å². The Morgan fingerprint density at radius 3 is 2.50 bits per heavy atom. The van der Waals surface area contributed by atoms with Crippen molar-refractivity contribution in [3.05, 3.63) is 70.5 Å². The van der Waals surface area contributed by atoms with Gasteiger partial charge < -0.3 is 10.2 Å². The zero-order chi connectivity index (χ0) is 22.3. The molecule has 2 rings (SSSR count). The first kappa shape index (κ1) is 24.2. The molecule has 0 bridgehead atoms. The second kappa shape index (κ2) is 10.8. The molecule has 1 atom stereocenters. The van der Waals surface area contributed by atoms with Gasteiger partial charge in [-0.05, 0) is 51.5 Å². The molecule has 0 aliphatic carbocycles. The monoisotopic (exact) mass is 450 g/mol. The van der Waals surface area contributed by atoms with Crippen molar-refractivity contribution < 1.29 is 14.0 Å². The first-order valence-electron chi connectivity index (χ1n) is 9.74. The van der Waals surface area contributed by atoms with E-state index in [4.69, 9.17) is 11.6 Å². The van der Waals surface area contributed by atoms with Crippen LogP contribution in [0, 0.1) is 5.82 Å². The fourth-order valence-electron chi connectivity index (χ4n) is 2.83. The molecule has 0 heterocycles. The van der Waals surface area contributed by atoms with Gasteiger partial charge in [0.1, 0.15) is 11.9 Å². The van der Waals surface area contributed by atoms with Crippen molar-refractivity contribution in [1.29, 1.82) is 0 Å². The van der Waals surface area contributed by atoms with Crippen molar-refractivity contribution in [3.63, 3.8) is 0 Å².